The lowest BCUT2D eigenvalue weighted by molar-refractivity contribution is -0.120. The highest BCUT2D eigenvalue weighted by atomic mass is 79.9. The summed E-state index contributed by atoms with van der Waals surface area (Å²) in [6.07, 6.45) is 0. The quantitative estimate of drug-likeness (QED) is 0.874. The van der Waals surface area contributed by atoms with Crippen molar-refractivity contribution >= 4 is 27.8 Å². The number of halogens is 2. The van der Waals surface area contributed by atoms with Crippen LogP contribution in [0.3, 0.4) is 0 Å². The Bertz CT molecular complexity index is 490. The van der Waals surface area contributed by atoms with Gasteiger partial charge in [0.1, 0.15) is 11.9 Å². The molecule has 1 unspecified atom stereocenters. The normalized spacial score (nSPS) is 21.5. The summed E-state index contributed by atoms with van der Waals surface area (Å²) in [4.78, 5) is 15.7. The van der Waals surface area contributed by atoms with E-state index in [2.05, 4.69) is 31.6 Å². The van der Waals surface area contributed by atoms with Crippen LogP contribution in [-0.2, 0) is 4.79 Å². The van der Waals surface area contributed by atoms with Crippen LogP contribution >= 0.6 is 15.9 Å². The number of benzene rings is 1. The molecule has 0 aliphatic carbocycles. The van der Waals surface area contributed by atoms with Gasteiger partial charge in [-0.2, -0.15) is 0 Å². The van der Waals surface area contributed by atoms with Crippen LogP contribution in [-0.4, -0.2) is 18.4 Å². The van der Waals surface area contributed by atoms with Crippen molar-refractivity contribution in [3.8, 4) is 0 Å². The number of hydrogen-bond donors (Lipinski definition) is 2. The maximum Gasteiger partial charge on any atom is 0.253 e. The van der Waals surface area contributed by atoms with Gasteiger partial charge in [0.05, 0.1) is 4.47 Å². The molecule has 1 fully saturated rings. The number of carbonyl (C=O) groups is 1. The zero-order chi connectivity index (χ0) is 12.4. The van der Waals surface area contributed by atoms with Crippen molar-refractivity contribution in [2.45, 2.75) is 13.0 Å². The molecule has 0 aromatic heterocycles. The van der Waals surface area contributed by atoms with Gasteiger partial charge in [0.25, 0.3) is 5.91 Å². The molecule has 1 aromatic rings. The van der Waals surface area contributed by atoms with Crippen LogP contribution in [0.1, 0.15) is 18.5 Å². The van der Waals surface area contributed by atoms with Crippen molar-refractivity contribution in [1.82, 2.24) is 10.6 Å². The highest BCUT2D eigenvalue weighted by molar-refractivity contribution is 9.10. The van der Waals surface area contributed by atoms with Gasteiger partial charge in [-0.1, -0.05) is 6.07 Å². The van der Waals surface area contributed by atoms with Crippen LogP contribution < -0.4 is 10.6 Å². The molecule has 1 atom stereocenters. The largest absolute Gasteiger partial charge is 0.340 e. The van der Waals surface area contributed by atoms with E-state index < -0.39 is 11.9 Å². The van der Waals surface area contributed by atoms with E-state index in [1.54, 1.807) is 12.1 Å². The molecule has 17 heavy (non-hydrogen) atoms. The van der Waals surface area contributed by atoms with E-state index in [1.165, 1.54) is 6.07 Å². The second kappa shape index (κ2) is 4.83. The van der Waals surface area contributed by atoms with Crippen LogP contribution in [0.25, 0.3) is 0 Å². The predicted octanol–water partition coefficient (Wildman–Crippen LogP) is 1.72. The third kappa shape index (κ3) is 2.46. The van der Waals surface area contributed by atoms with Gasteiger partial charge in [0.2, 0.25) is 0 Å². The maximum atomic E-state index is 13.4. The Balaban J connectivity index is 2.26. The summed E-state index contributed by atoms with van der Waals surface area (Å²) >= 11 is 3.07. The molecule has 6 heteroatoms. The average Bonchev–Trinajstić information content (AvgIpc) is 2.64. The van der Waals surface area contributed by atoms with Crippen molar-refractivity contribution in [2.75, 3.05) is 6.54 Å². The first-order valence-corrected chi connectivity index (χ1v) is 5.98. The molecule has 2 N–H and O–H groups in total. The molecule has 0 saturated carbocycles. The fourth-order valence-electron chi connectivity index (χ4n) is 1.60. The molecule has 1 aromatic carbocycles. The average molecular weight is 300 g/mol. The molecule has 2 rings (SSSR count). The number of nitrogens with one attached hydrogen (secondary N) is 2. The van der Waals surface area contributed by atoms with Crippen molar-refractivity contribution in [2.24, 2.45) is 4.99 Å². The molecule has 1 saturated heterocycles. The van der Waals surface area contributed by atoms with Gasteiger partial charge in [0.15, 0.2) is 5.96 Å². The second-order valence-corrected chi connectivity index (χ2v) is 4.42. The third-order valence-electron chi connectivity index (χ3n) is 2.38. The fourth-order valence-corrected chi connectivity index (χ4v) is 1.84. The summed E-state index contributed by atoms with van der Waals surface area (Å²) in [5.74, 6) is -0.178. The van der Waals surface area contributed by atoms with Crippen molar-refractivity contribution in [3.63, 3.8) is 0 Å². The first-order valence-electron chi connectivity index (χ1n) is 5.18. The van der Waals surface area contributed by atoms with E-state index in [-0.39, 0.29) is 5.91 Å². The molecule has 4 nitrogen and oxygen atoms in total. The molecule has 1 aliphatic heterocycles. The van der Waals surface area contributed by atoms with Gasteiger partial charge in [-0.25, -0.2) is 4.39 Å². The standard InChI is InChI=1S/C11H11BrFN3O/c1-2-14-11-15-9(10(17)16-11)6-3-4-7(12)8(13)5-6/h3-5,9H,2H2,1H3,(H2,14,15,16,17). The van der Waals surface area contributed by atoms with Crippen LogP contribution in [0, 0.1) is 5.82 Å². The van der Waals surface area contributed by atoms with Gasteiger partial charge in [-0.15, -0.1) is 0 Å². The van der Waals surface area contributed by atoms with Gasteiger partial charge < -0.3 is 5.32 Å². The van der Waals surface area contributed by atoms with E-state index in [1.807, 2.05) is 6.92 Å². The number of aliphatic imine (C=N–C) groups is 1. The van der Waals surface area contributed by atoms with Crippen LogP contribution in [0.2, 0.25) is 0 Å². The molecule has 1 amide bonds. The Morgan fingerprint density at radius 3 is 2.94 bits per heavy atom. The van der Waals surface area contributed by atoms with Gasteiger partial charge in [0, 0.05) is 6.54 Å². The minimum absolute atomic E-state index is 0.223. The zero-order valence-corrected chi connectivity index (χ0v) is 10.7. The lowest BCUT2D eigenvalue weighted by Gasteiger charge is -2.08. The number of hydrogen-bond acceptors (Lipinski definition) is 2. The summed E-state index contributed by atoms with van der Waals surface area (Å²) in [6.45, 7) is 2.44. The SMILES string of the molecule is CCN=C1NC(=O)C(c2ccc(Br)c(F)c2)N1. The Morgan fingerprint density at radius 2 is 2.29 bits per heavy atom. The van der Waals surface area contributed by atoms with E-state index in [0.717, 1.165) is 0 Å². The van der Waals surface area contributed by atoms with E-state index in [9.17, 15) is 9.18 Å². The van der Waals surface area contributed by atoms with Crippen LogP contribution in [0.5, 0.6) is 0 Å². The molecule has 90 valence electrons. The second-order valence-electron chi connectivity index (χ2n) is 3.56. The minimum Gasteiger partial charge on any atom is -0.340 e. The number of carbonyl (C=O) groups excluding carboxylic acids is 1. The molecule has 1 aliphatic rings. The number of nitrogens with zero attached hydrogens (tertiary/aromatic N) is 1. The highest BCUT2D eigenvalue weighted by Crippen LogP contribution is 2.22. The Kier molecular flexibility index (Phi) is 3.42. The predicted molar refractivity (Wildman–Crippen MR) is 66.1 cm³/mol. The van der Waals surface area contributed by atoms with Gasteiger partial charge in [-0.05, 0) is 40.5 Å². The molecule has 0 spiro atoms. The first-order chi connectivity index (χ1) is 8.11. The Labute approximate surface area is 106 Å². The van der Waals surface area contributed by atoms with Crippen molar-refractivity contribution in [3.05, 3.63) is 34.1 Å². The number of guanidine groups is 1. The molecule has 1 heterocycles. The molecular weight excluding hydrogens is 289 g/mol. The lowest BCUT2D eigenvalue weighted by Crippen LogP contribution is -2.25. The van der Waals surface area contributed by atoms with Gasteiger partial charge in [-0.3, -0.25) is 15.1 Å². The third-order valence-corrected chi connectivity index (χ3v) is 3.02. The highest BCUT2D eigenvalue weighted by Gasteiger charge is 2.29. The summed E-state index contributed by atoms with van der Waals surface area (Å²) in [6, 6.07) is 4.02. The Morgan fingerprint density at radius 1 is 1.53 bits per heavy atom. The van der Waals surface area contributed by atoms with Crippen LogP contribution in [0.15, 0.2) is 27.7 Å². The zero-order valence-electron chi connectivity index (χ0n) is 9.13. The topological polar surface area (TPSA) is 53.5 Å². The molecule has 0 bridgehead atoms. The van der Waals surface area contributed by atoms with Crippen molar-refractivity contribution < 1.29 is 9.18 Å². The van der Waals surface area contributed by atoms with Crippen molar-refractivity contribution in [1.29, 1.82) is 0 Å². The monoisotopic (exact) mass is 299 g/mol. The fraction of sp³-hybridized carbons (Fsp3) is 0.273. The molecular formula is C11H11BrFN3O. The number of amides is 1. The minimum atomic E-state index is -0.581. The first kappa shape index (κ1) is 12.0. The summed E-state index contributed by atoms with van der Waals surface area (Å²) in [7, 11) is 0. The lowest BCUT2D eigenvalue weighted by atomic mass is 10.1. The summed E-state index contributed by atoms with van der Waals surface area (Å²) < 4.78 is 13.7. The van der Waals surface area contributed by atoms with Gasteiger partial charge >= 0.3 is 0 Å². The maximum absolute atomic E-state index is 13.4. The van der Waals surface area contributed by atoms with E-state index >= 15 is 0 Å². The van der Waals surface area contributed by atoms with E-state index in [0.29, 0.717) is 22.5 Å². The summed E-state index contributed by atoms with van der Waals surface area (Å²) in [5.41, 5.74) is 0.574. The van der Waals surface area contributed by atoms with E-state index in [4.69, 9.17) is 0 Å². The molecule has 0 radical (unpaired) electrons. The number of rotatable bonds is 2. The Hall–Kier alpha value is -1.43. The smallest absolute Gasteiger partial charge is 0.253 e. The summed E-state index contributed by atoms with van der Waals surface area (Å²) in [5, 5.41) is 5.52. The van der Waals surface area contributed by atoms with Crippen LogP contribution in [0.4, 0.5) is 4.39 Å².